The fourth-order valence-electron chi connectivity index (χ4n) is 2.54. The Morgan fingerprint density at radius 1 is 1.00 bits per heavy atom. The van der Waals surface area contributed by atoms with E-state index in [1.807, 2.05) is 0 Å². The first kappa shape index (κ1) is 18.5. The van der Waals surface area contributed by atoms with Gasteiger partial charge in [0.05, 0.1) is 21.3 Å². The van der Waals surface area contributed by atoms with Gasteiger partial charge >= 0.3 is 0 Å². The van der Waals surface area contributed by atoms with Crippen LogP contribution in [0, 0.1) is 0 Å². The van der Waals surface area contributed by atoms with Crippen LogP contribution in [0.2, 0.25) is 0 Å². The third-order valence-corrected chi connectivity index (χ3v) is 4.09. The van der Waals surface area contributed by atoms with Crippen LogP contribution in [0.3, 0.4) is 0 Å². The third kappa shape index (κ3) is 4.28. The Hall–Kier alpha value is -3.29. The fraction of sp³-hybridized carbons (Fsp3) is 0.316. The first-order chi connectivity index (χ1) is 13.0. The summed E-state index contributed by atoms with van der Waals surface area (Å²) < 4.78 is 15.8. The molecule has 1 aromatic heterocycles. The van der Waals surface area contributed by atoms with Gasteiger partial charge in [-0.25, -0.2) is 0 Å². The third-order valence-electron chi connectivity index (χ3n) is 4.09. The first-order valence-corrected chi connectivity index (χ1v) is 8.44. The molecule has 142 valence electrons. The molecule has 1 fully saturated rings. The molecule has 0 aliphatic heterocycles. The van der Waals surface area contributed by atoms with Gasteiger partial charge in [0, 0.05) is 35.6 Å². The van der Waals surface area contributed by atoms with Gasteiger partial charge in [-0.05, 0) is 25.0 Å². The van der Waals surface area contributed by atoms with Crippen molar-refractivity contribution in [2.75, 3.05) is 26.6 Å². The van der Waals surface area contributed by atoms with Crippen LogP contribution >= 0.6 is 0 Å². The molecule has 1 aromatic carbocycles. The van der Waals surface area contributed by atoms with Crippen molar-refractivity contribution in [1.82, 2.24) is 10.3 Å². The van der Waals surface area contributed by atoms with Crippen LogP contribution < -0.4 is 24.8 Å². The molecule has 1 heterocycles. The van der Waals surface area contributed by atoms with Gasteiger partial charge in [-0.2, -0.15) is 0 Å². The Morgan fingerprint density at radius 3 is 2.22 bits per heavy atom. The van der Waals surface area contributed by atoms with Gasteiger partial charge in [-0.1, -0.05) is 0 Å². The van der Waals surface area contributed by atoms with E-state index in [2.05, 4.69) is 15.6 Å². The molecular weight excluding hydrogens is 350 g/mol. The van der Waals surface area contributed by atoms with Gasteiger partial charge in [-0.15, -0.1) is 0 Å². The van der Waals surface area contributed by atoms with E-state index in [4.69, 9.17) is 14.2 Å². The quantitative estimate of drug-likeness (QED) is 0.775. The number of benzene rings is 1. The monoisotopic (exact) mass is 371 g/mol. The van der Waals surface area contributed by atoms with Crippen LogP contribution in [0.1, 0.15) is 33.7 Å². The Kier molecular flexibility index (Phi) is 5.44. The van der Waals surface area contributed by atoms with Crippen LogP contribution in [0.25, 0.3) is 0 Å². The molecule has 2 aromatic rings. The lowest BCUT2D eigenvalue weighted by Crippen LogP contribution is -2.26. The number of amides is 2. The lowest BCUT2D eigenvalue weighted by atomic mass is 10.2. The molecule has 27 heavy (non-hydrogen) atoms. The van der Waals surface area contributed by atoms with Crippen molar-refractivity contribution in [3.8, 4) is 17.2 Å². The Bertz CT molecular complexity index is 839. The number of anilines is 1. The number of pyridine rings is 1. The minimum Gasteiger partial charge on any atom is -0.493 e. The molecule has 0 radical (unpaired) electrons. The molecule has 0 atom stereocenters. The van der Waals surface area contributed by atoms with E-state index in [1.165, 1.54) is 33.6 Å². The van der Waals surface area contributed by atoms with Gasteiger partial charge in [0.2, 0.25) is 5.75 Å². The van der Waals surface area contributed by atoms with Crippen molar-refractivity contribution < 1.29 is 23.8 Å². The second-order valence-corrected chi connectivity index (χ2v) is 6.05. The zero-order chi connectivity index (χ0) is 19.4. The maximum atomic E-state index is 12.6. The fourth-order valence-corrected chi connectivity index (χ4v) is 2.54. The molecule has 1 aliphatic rings. The summed E-state index contributed by atoms with van der Waals surface area (Å²) in [5, 5.41) is 5.61. The number of hydrogen-bond acceptors (Lipinski definition) is 6. The summed E-state index contributed by atoms with van der Waals surface area (Å²) >= 11 is 0. The number of methoxy groups -OCH3 is 3. The smallest absolute Gasteiger partial charge is 0.270 e. The van der Waals surface area contributed by atoms with Crippen molar-refractivity contribution in [1.29, 1.82) is 0 Å². The largest absolute Gasteiger partial charge is 0.493 e. The van der Waals surface area contributed by atoms with Gasteiger partial charge in [0.15, 0.2) is 11.5 Å². The Balaban J connectivity index is 1.79. The van der Waals surface area contributed by atoms with Crippen molar-refractivity contribution in [2.24, 2.45) is 0 Å². The molecule has 0 bridgehead atoms. The lowest BCUT2D eigenvalue weighted by Gasteiger charge is -2.14. The van der Waals surface area contributed by atoms with E-state index in [0.717, 1.165) is 12.8 Å². The summed E-state index contributed by atoms with van der Waals surface area (Å²) in [5.74, 6) is 0.616. The maximum absolute atomic E-state index is 12.6. The number of carbonyl (C=O) groups excluding carboxylic acids is 2. The predicted octanol–water partition coefficient (Wildman–Crippen LogP) is 2.25. The summed E-state index contributed by atoms with van der Waals surface area (Å²) in [6.07, 6.45) is 3.39. The maximum Gasteiger partial charge on any atom is 0.270 e. The summed E-state index contributed by atoms with van der Waals surface area (Å²) in [5.41, 5.74) is 0.995. The number of hydrogen-bond donors (Lipinski definition) is 2. The standard InChI is InChI=1S/C19H21N3O5/c1-25-15-9-13(10-16(26-2)17(15)27-3)22-18(23)11-6-7-20-14(8-11)19(24)21-12-4-5-12/h6-10,12H,4-5H2,1-3H3,(H,21,24)(H,22,23). The normalized spacial score (nSPS) is 12.9. The van der Waals surface area contributed by atoms with Crippen LogP contribution in [0.4, 0.5) is 5.69 Å². The number of carbonyl (C=O) groups is 2. The van der Waals surface area contributed by atoms with Crippen LogP contribution in [0.5, 0.6) is 17.2 Å². The summed E-state index contributed by atoms with van der Waals surface area (Å²) in [6, 6.07) is 6.48. The van der Waals surface area contributed by atoms with Gasteiger partial charge < -0.3 is 24.8 Å². The Labute approximate surface area is 156 Å². The number of rotatable bonds is 7. The molecular formula is C19H21N3O5. The van der Waals surface area contributed by atoms with Crippen molar-refractivity contribution in [3.63, 3.8) is 0 Å². The number of ether oxygens (including phenoxy) is 3. The van der Waals surface area contributed by atoms with Crippen LogP contribution in [-0.4, -0.2) is 44.2 Å². The molecule has 2 amide bonds. The highest BCUT2D eigenvalue weighted by molar-refractivity contribution is 6.06. The molecule has 3 rings (SSSR count). The highest BCUT2D eigenvalue weighted by Crippen LogP contribution is 2.40. The molecule has 0 unspecified atom stereocenters. The van der Waals surface area contributed by atoms with Gasteiger partial charge in [0.1, 0.15) is 5.69 Å². The van der Waals surface area contributed by atoms with Gasteiger partial charge in [-0.3, -0.25) is 14.6 Å². The summed E-state index contributed by atoms with van der Waals surface area (Å²) in [6.45, 7) is 0. The molecule has 8 heteroatoms. The molecule has 1 saturated carbocycles. The first-order valence-electron chi connectivity index (χ1n) is 8.44. The van der Waals surface area contributed by atoms with Crippen LogP contribution in [-0.2, 0) is 0 Å². The number of aromatic nitrogens is 1. The highest BCUT2D eigenvalue weighted by Gasteiger charge is 2.24. The van der Waals surface area contributed by atoms with Crippen molar-refractivity contribution in [3.05, 3.63) is 41.7 Å². The average Bonchev–Trinajstić information content (AvgIpc) is 3.51. The predicted molar refractivity (Wildman–Crippen MR) is 98.8 cm³/mol. The Morgan fingerprint density at radius 2 is 1.67 bits per heavy atom. The number of nitrogens with one attached hydrogen (secondary N) is 2. The van der Waals surface area contributed by atoms with E-state index >= 15 is 0 Å². The topological polar surface area (TPSA) is 98.8 Å². The molecule has 0 spiro atoms. The van der Waals surface area contributed by atoms with E-state index in [0.29, 0.717) is 28.5 Å². The SMILES string of the molecule is COc1cc(NC(=O)c2ccnc(C(=O)NC3CC3)c2)cc(OC)c1OC. The zero-order valence-corrected chi connectivity index (χ0v) is 15.4. The van der Waals surface area contributed by atoms with E-state index in [1.54, 1.807) is 18.2 Å². The zero-order valence-electron chi connectivity index (χ0n) is 15.4. The summed E-state index contributed by atoms with van der Waals surface area (Å²) in [4.78, 5) is 28.7. The second-order valence-electron chi connectivity index (χ2n) is 6.05. The van der Waals surface area contributed by atoms with Gasteiger partial charge in [0.25, 0.3) is 11.8 Å². The minimum atomic E-state index is -0.382. The summed E-state index contributed by atoms with van der Waals surface area (Å²) in [7, 11) is 4.50. The average molecular weight is 371 g/mol. The molecule has 2 N–H and O–H groups in total. The minimum absolute atomic E-state index is 0.208. The highest BCUT2D eigenvalue weighted by atomic mass is 16.5. The molecule has 1 aliphatic carbocycles. The molecule has 8 nitrogen and oxygen atoms in total. The molecule has 0 saturated heterocycles. The van der Waals surface area contributed by atoms with Crippen LogP contribution in [0.15, 0.2) is 30.5 Å². The van der Waals surface area contributed by atoms with E-state index in [9.17, 15) is 9.59 Å². The van der Waals surface area contributed by atoms with Crippen molar-refractivity contribution >= 4 is 17.5 Å². The second kappa shape index (κ2) is 7.94. The number of nitrogens with zero attached hydrogens (tertiary/aromatic N) is 1. The van der Waals surface area contributed by atoms with E-state index < -0.39 is 0 Å². The van der Waals surface area contributed by atoms with Crippen molar-refractivity contribution in [2.45, 2.75) is 18.9 Å². The lowest BCUT2D eigenvalue weighted by molar-refractivity contribution is 0.0946. The van der Waals surface area contributed by atoms with E-state index in [-0.39, 0.29) is 23.6 Å².